The van der Waals surface area contributed by atoms with E-state index in [2.05, 4.69) is 10.6 Å². The Balaban J connectivity index is 3.40. The third kappa shape index (κ3) is 7.74. The number of hydrogen-bond acceptors (Lipinski definition) is 3. The first-order chi connectivity index (χ1) is 6.06. The van der Waals surface area contributed by atoms with Crippen molar-refractivity contribution in [2.75, 3.05) is 20.2 Å². The normalized spacial score (nSPS) is 13.0. The highest BCUT2D eigenvalue weighted by Gasteiger charge is 2.04. The van der Waals surface area contributed by atoms with Crippen molar-refractivity contribution in [3.8, 4) is 0 Å². The van der Waals surface area contributed by atoms with Gasteiger partial charge in [0, 0.05) is 19.7 Å². The maximum atomic E-state index is 11.1. The second kappa shape index (κ2) is 6.86. The number of carbonyl (C=O) groups excluding carboxylic acids is 1. The molecule has 0 saturated carbocycles. The molecule has 1 amide bonds. The highest BCUT2D eigenvalue weighted by atomic mass is 16.5. The fourth-order valence-corrected chi connectivity index (χ4v) is 0.700. The summed E-state index contributed by atoms with van der Waals surface area (Å²) in [6.45, 7) is 6.86. The van der Waals surface area contributed by atoms with Crippen molar-refractivity contribution in [1.82, 2.24) is 10.6 Å². The summed E-state index contributed by atoms with van der Waals surface area (Å²) < 4.78 is 4.99. The molecular formula is C9H20N2O2. The Labute approximate surface area is 80.0 Å². The second-order valence-electron chi connectivity index (χ2n) is 3.39. The molecule has 0 aliphatic carbocycles. The van der Waals surface area contributed by atoms with Crippen LogP contribution in [-0.2, 0) is 9.53 Å². The molecule has 0 aromatic carbocycles. The van der Waals surface area contributed by atoms with Gasteiger partial charge in [-0.25, -0.2) is 0 Å². The molecule has 0 spiro atoms. The van der Waals surface area contributed by atoms with Gasteiger partial charge in [0.15, 0.2) is 0 Å². The Morgan fingerprint density at radius 2 is 2.00 bits per heavy atom. The van der Waals surface area contributed by atoms with Crippen LogP contribution in [0.4, 0.5) is 0 Å². The molecule has 1 atom stereocenters. The van der Waals surface area contributed by atoms with Crippen LogP contribution in [0.3, 0.4) is 0 Å². The van der Waals surface area contributed by atoms with E-state index in [9.17, 15) is 4.79 Å². The largest absolute Gasteiger partial charge is 0.380 e. The van der Waals surface area contributed by atoms with Gasteiger partial charge in [-0.1, -0.05) is 13.8 Å². The van der Waals surface area contributed by atoms with Gasteiger partial charge in [-0.15, -0.1) is 0 Å². The smallest absolute Gasteiger partial charge is 0.234 e. The van der Waals surface area contributed by atoms with Crippen molar-refractivity contribution in [3.63, 3.8) is 0 Å². The van der Waals surface area contributed by atoms with Crippen LogP contribution in [0.1, 0.15) is 20.8 Å². The quantitative estimate of drug-likeness (QED) is 0.623. The molecule has 0 rings (SSSR count). The van der Waals surface area contributed by atoms with Gasteiger partial charge in [-0.05, 0) is 6.92 Å². The van der Waals surface area contributed by atoms with Gasteiger partial charge >= 0.3 is 0 Å². The number of amides is 1. The van der Waals surface area contributed by atoms with Crippen LogP contribution in [-0.4, -0.2) is 38.3 Å². The lowest BCUT2D eigenvalue weighted by Gasteiger charge is -2.12. The van der Waals surface area contributed by atoms with Gasteiger partial charge in [0.25, 0.3) is 0 Å². The van der Waals surface area contributed by atoms with Crippen molar-refractivity contribution in [1.29, 1.82) is 0 Å². The van der Waals surface area contributed by atoms with Crippen molar-refractivity contribution >= 4 is 5.91 Å². The van der Waals surface area contributed by atoms with E-state index in [1.54, 1.807) is 7.11 Å². The summed E-state index contributed by atoms with van der Waals surface area (Å²) in [5.74, 6) is 0.0117. The Hall–Kier alpha value is -0.610. The molecule has 0 bridgehead atoms. The molecule has 0 saturated heterocycles. The van der Waals surface area contributed by atoms with E-state index in [1.165, 1.54) is 0 Å². The summed E-state index contributed by atoms with van der Waals surface area (Å²) in [7, 11) is 1.63. The Kier molecular flexibility index (Phi) is 6.54. The number of carbonyl (C=O) groups is 1. The standard InChI is InChI=1S/C9H20N2O2/c1-7(2)10-6-9(12)11-5-8(3)13-4/h7-8,10H,5-6H2,1-4H3,(H,11,12). The summed E-state index contributed by atoms with van der Waals surface area (Å²) in [5.41, 5.74) is 0. The lowest BCUT2D eigenvalue weighted by molar-refractivity contribution is -0.120. The Morgan fingerprint density at radius 3 is 2.46 bits per heavy atom. The minimum atomic E-state index is 0.0117. The highest BCUT2D eigenvalue weighted by molar-refractivity contribution is 5.77. The lowest BCUT2D eigenvalue weighted by atomic mass is 10.3. The molecule has 13 heavy (non-hydrogen) atoms. The van der Waals surface area contributed by atoms with E-state index in [4.69, 9.17) is 4.74 Å². The fraction of sp³-hybridized carbons (Fsp3) is 0.889. The van der Waals surface area contributed by atoms with Crippen LogP contribution in [0.25, 0.3) is 0 Å². The van der Waals surface area contributed by atoms with E-state index >= 15 is 0 Å². The molecular weight excluding hydrogens is 168 g/mol. The van der Waals surface area contributed by atoms with Crippen LogP contribution in [0.5, 0.6) is 0 Å². The SMILES string of the molecule is COC(C)CNC(=O)CNC(C)C. The first-order valence-corrected chi connectivity index (χ1v) is 4.59. The van der Waals surface area contributed by atoms with E-state index in [1.807, 2.05) is 20.8 Å². The van der Waals surface area contributed by atoms with Crippen molar-refractivity contribution in [2.24, 2.45) is 0 Å². The maximum absolute atomic E-state index is 11.1. The molecule has 0 aliphatic rings. The molecule has 78 valence electrons. The number of nitrogens with one attached hydrogen (secondary N) is 2. The minimum Gasteiger partial charge on any atom is -0.380 e. The third-order valence-electron chi connectivity index (χ3n) is 1.66. The van der Waals surface area contributed by atoms with Gasteiger partial charge in [0.05, 0.1) is 12.6 Å². The summed E-state index contributed by atoms with van der Waals surface area (Å²) in [6.07, 6.45) is 0.0722. The summed E-state index contributed by atoms with van der Waals surface area (Å²) in [5, 5.41) is 5.80. The third-order valence-corrected chi connectivity index (χ3v) is 1.66. The van der Waals surface area contributed by atoms with Crippen LogP contribution in [0.15, 0.2) is 0 Å². The van der Waals surface area contributed by atoms with Crippen LogP contribution in [0, 0.1) is 0 Å². The molecule has 0 aliphatic heterocycles. The zero-order valence-electron chi connectivity index (χ0n) is 8.89. The van der Waals surface area contributed by atoms with Crippen LogP contribution < -0.4 is 10.6 Å². The molecule has 4 nitrogen and oxygen atoms in total. The summed E-state index contributed by atoms with van der Waals surface area (Å²) >= 11 is 0. The minimum absolute atomic E-state index is 0.0117. The zero-order chi connectivity index (χ0) is 10.3. The van der Waals surface area contributed by atoms with Gasteiger partial charge in [-0.2, -0.15) is 0 Å². The molecule has 0 aromatic heterocycles. The maximum Gasteiger partial charge on any atom is 0.234 e. The fourth-order valence-electron chi connectivity index (χ4n) is 0.700. The van der Waals surface area contributed by atoms with Crippen molar-refractivity contribution in [3.05, 3.63) is 0 Å². The number of ether oxygens (including phenoxy) is 1. The Bertz CT molecular complexity index is 149. The van der Waals surface area contributed by atoms with Crippen molar-refractivity contribution < 1.29 is 9.53 Å². The van der Waals surface area contributed by atoms with E-state index in [0.717, 1.165) is 0 Å². The van der Waals surface area contributed by atoms with Crippen molar-refractivity contribution in [2.45, 2.75) is 32.9 Å². The van der Waals surface area contributed by atoms with Gasteiger partial charge in [0.2, 0.25) is 5.91 Å². The monoisotopic (exact) mass is 188 g/mol. The molecule has 0 heterocycles. The number of methoxy groups -OCH3 is 1. The lowest BCUT2D eigenvalue weighted by Crippen LogP contribution is -2.39. The highest BCUT2D eigenvalue weighted by Crippen LogP contribution is 1.83. The predicted octanol–water partition coefficient (Wildman–Crippen LogP) is 0.136. The second-order valence-corrected chi connectivity index (χ2v) is 3.39. The molecule has 0 aromatic rings. The van der Waals surface area contributed by atoms with E-state index < -0.39 is 0 Å². The molecule has 0 radical (unpaired) electrons. The molecule has 0 fully saturated rings. The molecule has 2 N–H and O–H groups in total. The van der Waals surface area contributed by atoms with Gasteiger partial charge in [0.1, 0.15) is 0 Å². The predicted molar refractivity (Wildman–Crippen MR) is 52.6 cm³/mol. The zero-order valence-corrected chi connectivity index (χ0v) is 8.89. The first kappa shape index (κ1) is 12.4. The number of rotatable bonds is 6. The van der Waals surface area contributed by atoms with Crippen LogP contribution >= 0.6 is 0 Å². The molecule has 1 unspecified atom stereocenters. The van der Waals surface area contributed by atoms with Gasteiger partial charge in [-0.3, -0.25) is 4.79 Å². The first-order valence-electron chi connectivity index (χ1n) is 4.59. The number of hydrogen-bond donors (Lipinski definition) is 2. The summed E-state index contributed by atoms with van der Waals surface area (Å²) in [6, 6.07) is 0.339. The van der Waals surface area contributed by atoms with E-state index in [-0.39, 0.29) is 12.0 Å². The summed E-state index contributed by atoms with van der Waals surface area (Å²) in [4.78, 5) is 11.1. The van der Waals surface area contributed by atoms with Gasteiger partial charge < -0.3 is 15.4 Å². The van der Waals surface area contributed by atoms with E-state index in [0.29, 0.717) is 19.1 Å². The average molecular weight is 188 g/mol. The topological polar surface area (TPSA) is 50.4 Å². The molecule has 4 heteroatoms. The van der Waals surface area contributed by atoms with Crippen LogP contribution in [0.2, 0.25) is 0 Å². The average Bonchev–Trinajstić information content (AvgIpc) is 2.10. The Morgan fingerprint density at radius 1 is 1.38 bits per heavy atom.